The molecule has 2 N–H and O–H groups in total. The van der Waals surface area contributed by atoms with Crippen molar-refractivity contribution < 1.29 is 33.4 Å². The third-order valence-electron chi connectivity index (χ3n) is 10.4. The maximum absolute atomic E-state index is 14.9. The van der Waals surface area contributed by atoms with Crippen molar-refractivity contribution in [3.63, 3.8) is 0 Å². The summed E-state index contributed by atoms with van der Waals surface area (Å²) in [6, 6.07) is 53.6. The van der Waals surface area contributed by atoms with Crippen molar-refractivity contribution in [3.8, 4) is 5.75 Å². The van der Waals surface area contributed by atoms with Crippen LogP contribution in [0.15, 0.2) is 176 Å². The van der Waals surface area contributed by atoms with Crippen LogP contribution in [-0.2, 0) is 52.8 Å². The molecule has 0 spiro atoms. The largest absolute Gasteiger partial charge is 0.481 e. The number of hydrogen-bond acceptors (Lipinski definition) is 7. The van der Waals surface area contributed by atoms with Gasteiger partial charge in [0.25, 0.3) is 0 Å². The van der Waals surface area contributed by atoms with E-state index in [-0.39, 0.29) is 45.1 Å². The molecule has 0 aliphatic carbocycles. The van der Waals surface area contributed by atoms with Crippen molar-refractivity contribution >= 4 is 13.6 Å². The van der Waals surface area contributed by atoms with Crippen molar-refractivity contribution in [2.75, 3.05) is 6.35 Å². The number of aliphatic hydroxyl groups is 2. The number of carbonyl (C=O) groups excluding carboxylic acids is 1. The number of nitrogens with zero attached hydrogens (tertiary/aromatic N) is 2. The molecule has 1 aliphatic heterocycles. The smallest absolute Gasteiger partial charge is 0.368 e. The van der Waals surface area contributed by atoms with Gasteiger partial charge in [0.05, 0.1) is 25.3 Å². The Kier molecular flexibility index (Phi) is 13.8. The average Bonchev–Trinajstić information content (AvgIpc) is 3.33. The van der Waals surface area contributed by atoms with Gasteiger partial charge in [-0.3, -0.25) is 4.57 Å². The number of benzene rings is 6. The van der Waals surface area contributed by atoms with E-state index in [9.17, 15) is 19.6 Å². The lowest BCUT2D eigenvalue weighted by atomic mass is 9.91. The zero-order valence-electron chi connectivity index (χ0n) is 32.3. The van der Waals surface area contributed by atoms with Gasteiger partial charge >= 0.3 is 13.6 Å². The van der Waals surface area contributed by atoms with Crippen molar-refractivity contribution in [3.05, 3.63) is 209 Å². The van der Waals surface area contributed by atoms with Crippen LogP contribution in [0.2, 0.25) is 0 Å². The Bertz CT molecular complexity index is 2150. The van der Waals surface area contributed by atoms with Gasteiger partial charge in [-0.1, -0.05) is 164 Å². The van der Waals surface area contributed by atoms with Gasteiger partial charge in [-0.25, -0.2) is 4.79 Å². The van der Waals surface area contributed by atoms with Crippen molar-refractivity contribution in [2.24, 2.45) is 0 Å². The first-order chi connectivity index (χ1) is 28.3. The van der Waals surface area contributed by atoms with Crippen molar-refractivity contribution in [1.29, 1.82) is 0 Å². The molecule has 0 bridgehead atoms. The summed E-state index contributed by atoms with van der Waals surface area (Å²) >= 11 is 0. The van der Waals surface area contributed by atoms with Crippen LogP contribution in [0, 0.1) is 0 Å². The fourth-order valence-electron chi connectivity index (χ4n) is 7.24. The summed E-state index contributed by atoms with van der Waals surface area (Å²) in [4.78, 5) is 18.3. The highest BCUT2D eigenvalue weighted by Gasteiger charge is 2.46. The lowest BCUT2D eigenvalue weighted by molar-refractivity contribution is -0.0408. The molecule has 1 saturated heterocycles. The monoisotopic (exact) mass is 796 g/mol. The Morgan fingerprint density at radius 2 is 0.810 bits per heavy atom. The van der Waals surface area contributed by atoms with Crippen molar-refractivity contribution in [2.45, 2.75) is 63.4 Å². The molecule has 1 heterocycles. The predicted octanol–water partition coefficient (Wildman–Crippen LogP) is 9.03. The molecule has 4 atom stereocenters. The molecule has 7 rings (SSSR count). The standard InChI is InChI=1S/C48H49N2O7P/c51-46-44(30-37-16-6-1-7-17-37)49(32-39-18-8-2-9-19-39)48(53)50(33-40-20-10-3-11-21-40)45(47(46)52)31-38-26-28-43(29-27-38)55-36-58(54,56-34-41-22-12-4-13-23-41)57-35-42-24-14-5-15-25-42/h1-29,44-47,51-52H,30-36H2/t44-,45-,46+,47+/m1/s1. The van der Waals surface area contributed by atoms with Gasteiger partial charge in [0.1, 0.15) is 18.0 Å². The summed E-state index contributed by atoms with van der Waals surface area (Å²) in [5, 5.41) is 24.2. The molecule has 6 aromatic carbocycles. The summed E-state index contributed by atoms with van der Waals surface area (Å²) in [7, 11) is -3.72. The highest BCUT2D eigenvalue weighted by Crippen LogP contribution is 2.50. The van der Waals surface area contributed by atoms with E-state index in [0.717, 1.165) is 33.4 Å². The third kappa shape index (κ3) is 10.9. The fourth-order valence-corrected chi connectivity index (χ4v) is 8.47. The fraction of sp³-hybridized carbons (Fsp3) is 0.229. The van der Waals surface area contributed by atoms with E-state index in [1.54, 1.807) is 21.9 Å². The molecule has 0 radical (unpaired) electrons. The number of hydrogen-bond donors (Lipinski definition) is 2. The maximum Gasteiger partial charge on any atom is 0.368 e. The molecule has 1 fully saturated rings. The molecule has 10 heteroatoms. The number of amides is 2. The second-order valence-electron chi connectivity index (χ2n) is 14.6. The molecule has 6 aromatic rings. The summed E-state index contributed by atoms with van der Waals surface area (Å²) in [6.07, 6.45) is -2.20. The second kappa shape index (κ2) is 19.7. The molecule has 0 saturated carbocycles. The average molecular weight is 797 g/mol. The zero-order valence-corrected chi connectivity index (χ0v) is 33.2. The third-order valence-corrected chi connectivity index (χ3v) is 11.9. The van der Waals surface area contributed by atoms with Crippen LogP contribution in [0.3, 0.4) is 0 Å². The van der Waals surface area contributed by atoms with Crippen LogP contribution in [0.1, 0.15) is 33.4 Å². The highest BCUT2D eigenvalue weighted by molar-refractivity contribution is 7.53. The van der Waals surface area contributed by atoms with Crippen molar-refractivity contribution in [1.82, 2.24) is 9.80 Å². The Morgan fingerprint density at radius 3 is 1.21 bits per heavy atom. The minimum absolute atomic E-state index is 0.0952. The van der Waals surface area contributed by atoms with Gasteiger partial charge in [0, 0.05) is 13.1 Å². The number of urea groups is 1. The van der Waals surface area contributed by atoms with Gasteiger partial charge in [0.15, 0.2) is 6.35 Å². The van der Waals surface area contributed by atoms with Crippen LogP contribution in [0.5, 0.6) is 5.75 Å². The van der Waals surface area contributed by atoms with E-state index in [0.29, 0.717) is 12.2 Å². The number of ether oxygens (including phenoxy) is 1. The van der Waals surface area contributed by atoms with E-state index in [4.69, 9.17) is 13.8 Å². The van der Waals surface area contributed by atoms with Crippen LogP contribution in [0.4, 0.5) is 4.79 Å². The normalized spacial score (nSPS) is 18.5. The van der Waals surface area contributed by atoms with Gasteiger partial charge < -0.3 is 33.8 Å². The van der Waals surface area contributed by atoms with Crippen LogP contribution in [0.25, 0.3) is 0 Å². The first kappa shape index (κ1) is 40.6. The van der Waals surface area contributed by atoms with E-state index in [1.165, 1.54) is 0 Å². The van der Waals surface area contributed by atoms with E-state index >= 15 is 0 Å². The number of rotatable bonds is 17. The Hall–Kier alpha value is -5.54. The second-order valence-corrected chi connectivity index (χ2v) is 16.6. The summed E-state index contributed by atoms with van der Waals surface area (Å²) < 4.78 is 31.8. The molecule has 58 heavy (non-hydrogen) atoms. The first-order valence-corrected chi connectivity index (χ1v) is 21.3. The Labute approximate surface area is 340 Å². The van der Waals surface area contributed by atoms with Crippen LogP contribution in [-0.4, -0.2) is 56.7 Å². The molecule has 0 aromatic heterocycles. The number of carbonyl (C=O) groups is 1. The molecule has 2 amide bonds. The zero-order chi connectivity index (χ0) is 40.2. The van der Waals surface area contributed by atoms with Gasteiger partial charge in [-0.15, -0.1) is 0 Å². The predicted molar refractivity (Wildman–Crippen MR) is 225 cm³/mol. The van der Waals surface area contributed by atoms with E-state index in [2.05, 4.69) is 0 Å². The quantitative estimate of drug-likeness (QED) is 0.0888. The molecule has 9 nitrogen and oxygen atoms in total. The Balaban J connectivity index is 1.12. The lowest BCUT2D eigenvalue weighted by Gasteiger charge is -2.36. The minimum Gasteiger partial charge on any atom is -0.481 e. The molecular weight excluding hydrogens is 748 g/mol. The van der Waals surface area contributed by atoms with Gasteiger partial charge in [-0.2, -0.15) is 0 Å². The topological polar surface area (TPSA) is 109 Å². The highest BCUT2D eigenvalue weighted by atomic mass is 31.2. The van der Waals surface area contributed by atoms with Crippen LogP contribution < -0.4 is 4.74 Å². The van der Waals surface area contributed by atoms with Gasteiger partial charge in [0.2, 0.25) is 0 Å². The summed E-state index contributed by atoms with van der Waals surface area (Å²) in [5.74, 6) is 0.450. The molecule has 298 valence electrons. The first-order valence-electron chi connectivity index (χ1n) is 19.6. The SMILES string of the molecule is O=C1N(Cc2ccccc2)[C@H](Cc2ccccc2)[C@H](O)[C@@H](O)[C@@H](Cc2ccc(OCP(=O)(OCc3ccccc3)OCc3ccccc3)cc2)N1Cc1ccccc1. The molecular formula is C48H49N2O7P. The summed E-state index contributed by atoms with van der Waals surface area (Å²) in [6.45, 7) is 0.689. The Morgan fingerprint density at radius 1 is 0.466 bits per heavy atom. The number of aliphatic hydroxyl groups excluding tert-OH is 2. The molecule has 1 aliphatic rings. The summed E-state index contributed by atoms with van der Waals surface area (Å²) in [5.41, 5.74) is 5.31. The van der Waals surface area contributed by atoms with Crippen LogP contribution >= 0.6 is 7.60 Å². The van der Waals surface area contributed by atoms with E-state index in [1.807, 2.05) is 164 Å². The van der Waals surface area contributed by atoms with Gasteiger partial charge in [-0.05, 0) is 58.4 Å². The lowest BCUT2D eigenvalue weighted by Crippen LogP contribution is -2.50. The van der Waals surface area contributed by atoms with E-state index < -0.39 is 31.9 Å². The maximum atomic E-state index is 14.9. The minimum atomic E-state index is -3.72. The molecule has 0 unspecified atom stereocenters.